The first-order chi connectivity index (χ1) is 8.79. The molecule has 90 valence electrons. The molecular formula is C16H15NO. The van der Waals surface area contributed by atoms with Crippen molar-refractivity contribution in [3.05, 3.63) is 65.7 Å². The van der Waals surface area contributed by atoms with Crippen molar-refractivity contribution in [2.45, 2.75) is 0 Å². The fourth-order valence-corrected chi connectivity index (χ4v) is 1.64. The number of benzene rings is 2. The fourth-order valence-electron chi connectivity index (χ4n) is 1.64. The normalized spacial score (nSPS) is 10.5. The van der Waals surface area contributed by atoms with Crippen molar-refractivity contribution in [3.63, 3.8) is 0 Å². The minimum Gasteiger partial charge on any atom is -0.318 e. The van der Waals surface area contributed by atoms with Gasteiger partial charge in [-0.1, -0.05) is 54.6 Å². The molecular weight excluding hydrogens is 222 g/mol. The quantitative estimate of drug-likeness (QED) is 0.589. The van der Waals surface area contributed by atoms with E-state index in [9.17, 15) is 4.79 Å². The van der Waals surface area contributed by atoms with E-state index in [4.69, 9.17) is 0 Å². The standard InChI is InChI=1S/C16H15NO/c1-17(13-18)16-11-9-15(10-12-16)8-7-14-5-3-2-4-6-14/h2-13H,1H3. The summed E-state index contributed by atoms with van der Waals surface area (Å²) in [6.45, 7) is 0. The molecule has 2 aromatic rings. The molecule has 0 atom stereocenters. The lowest BCUT2D eigenvalue weighted by molar-refractivity contribution is -0.107. The molecule has 0 bridgehead atoms. The molecule has 2 nitrogen and oxygen atoms in total. The van der Waals surface area contributed by atoms with Crippen LogP contribution in [-0.4, -0.2) is 13.5 Å². The van der Waals surface area contributed by atoms with Crippen LogP contribution in [-0.2, 0) is 4.79 Å². The van der Waals surface area contributed by atoms with E-state index in [1.54, 1.807) is 11.9 Å². The predicted molar refractivity (Wildman–Crippen MR) is 76.3 cm³/mol. The third-order valence-electron chi connectivity index (χ3n) is 2.73. The van der Waals surface area contributed by atoms with Gasteiger partial charge in [-0.3, -0.25) is 4.79 Å². The Balaban J connectivity index is 2.11. The topological polar surface area (TPSA) is 20.3 Å². The zero-order valence-electron chi connectivity index (χ0n) is 10.3. The smallest absolute Gasteiger partial charge is 0.213 e. The van der Waals surface area contributed by atoms with Crippen molar-refractivity contribution in [1.82, 2.24) is 0 Å². The number of carbonyl (C=O) groups is 1. The molecule has 2 rings (SSSR count). The maximum absolute atomic E-state index is 10.6. The first-order valence-corrected chi connectivity index (χ1v) is 5.81. The van der Waals surface area contributed by atoms with Crippen molar-refractivity contribution in [2.24, 2.45) is 0 Å². The van der Waals surface area contributed by atoms with Crippen LogP contribution in [0.25, 0.3) is 12.2 Å². The van der Waals surface area contributed by atoms with Crippen LogP contribution >= 0.6 is 0 Å². The first-order valence-electron chi connectivity index (χ1n) is 5.81. The number of nitrogens with zero attached hydrogens (tertiary/aromatic N) is 1. The Labute approximate surface area is 107 Å². The van der Waals surface area contributed by atoms with Gasteiger partial charge in [-0.2, -0.15) is 0 Å². The molecule has 0 aliphatic carbocycles. The van der Waals surface area contributed by atoms with Gasteiger partial charge in [0.15, 0.2) is 0 Å². The van der Waals surface area contributed by atoms with E-state index >= 15 is 0 Å². The maximum Gasteiger partial charge on any atom is 0.213 e. The zero-order valence-corrected chi connectivity index (χ0v) is 10.3. The van der Waals surface area contributed by atoms with Crippen LogP contribution in [0.1, 0.15) is 11.1 Å². The predicted octanol–water partition coefficient (Wildman–Crippen LogP) is 3.45. The summed E-state index contributed by atoms with van der Waals surface area (Å²) in [5, 5.41) is 0. The minimum absolute atomic E-state index is 0.800. The number of hydrogen-bond donors (Lipinski definition) is 0. The Kier molecular flexibility index (Phi) is 3.92. The van der Waals surface area contributed by atoms with Gasteiger partial charge in [0.2, 0.25) is 6.41 Å². The first kappa shape index (κ1) is 12.1. The molecule has 0 unspecified atom stereocenters. The fraction of sp³-hybridized carbons (Fsp3) is 0.0625. The van der Waals surface area contributed by atoms with Crippen LogP contribution in [0.15, 0.2) is 54.6 Å². The molecule has 0 saturated heterocycles. The van der Waals surface area contributed by atoms with E-state index in [1.165, 1.54) is 5.56 Å². The molecule has 0 spiro atoms. The van der Waals surface area contributed by atoms with Gasteiger partial charge in [-0.25, -0.2) is 0 Å². The van der Waals surface area contributed by atoms with Crippen molar-refractivity contribution < 1.29 is 4.79 Å². The Morgan fingerprint density at radius 1 is 0.833 bits per heavy atom. The second-order valence-electron chi connectivity index (χ2n) is 4.05. The Morgan fingerprint density at radius 2 is 1.39 bits per heavy atom. The zero-order chi connectivity index (χ0) is 12.8. The molecule has 0 heterocycles. The molecule has 2 aromatic carbocycles. The van der Waals surface area contributed by atoms with Gasteiger partial charge in [-0.15, -0.1) is 0 Å². The minimum atomic E-state index is 0.800. The van der Waals surface area contributed by atoms with E-state index in [0.717, 1.165) is 17.7 Å². The maximum atomic E-state index is 10.6. The van der Waals surface area contributed by atoms with Crippen molar-refractivity contribution in [3.8, 4) is 0 Å². The molecule has 0 aromatic heterocycles. The molecule has 0 N–H and O–H groups in total. The Morgan fingerprint density at radius 3 is 1.94 bits per heavy atom. The summed E-state index contributed by atoms with van der Waals surface area (Å²) in [7, 11) is 1.74. The van der Waals surface area contributed by atoms with E-state index in [0.29, 0.717) is 0 Å². The molecule has 0 saturated carbocycles. The summed E-state index contributed by atoms with van der Waals surface area (Å²) < 4.78 is 0. The number of hydrogen-bond acceptors (Lipinski definition) is 1. The van der Waals surface area contributed by atoms with Crippen molar-refractivity contribution >= 4 is 24.2 Å². The highest BCUT2D eigenvalue weighted by atomic mass is 16.1. The molecule has 18 heavy (non-hydrogen) atoms. The second-order valence-corrected chi connectivity index (χ2v) is 4.05. The Hall–Kier alpha value is -2.35. The average molecular weight is 237 g/mol. The average Bonchev–Trinajstić information content (AvgIpc) is 2.46. The van der Waals surface area contributed by atoms with Crippen LogP contribution in [0.4, 0.5) is 5.69 Å². The SMILES string of the molecule is CN(C=O)c1ccc(C=Cc2ccccc2)cc1. The summed E-state index contributed by atoms with van der Waals surface area (Å²) in [5.41, 5.74) is 3.18. The summed E-state index contributed by atoms with van der Waals surface area (Å²) >= 11 is 0. The van der Waals surface area contributed by atoms with Crippen LogP contribution < -0.4 is 4.90 Å². The van der Waals surface area contributed by atoms with Gasteiger partial charge in [0.1, 0.15) is 0 Å². The van der Waals surface area contributed by atoms with E-state index < -0.39 is 0 Å². The van der Waals surface area contributed by atoms with Crippen LogP contribution in [0.2, 0.25) is 0 Å². The third-order valence-corrected chi connectivity index (χ3v) is 2.73. The number of amides is 1. The lowest BCUT2D eigenvalue weighted by Gasteiger charge is -2.09. The van der Waals surface area contributed by atoms with Crippen molar-refractivity contribution in [2.75, 3.05) is 11.9 Å². The highest BCUT2D eigenvalue weighted by Crippen LogP contribution is 2.14. The Bertz CT molecular complexity index is 529. The third kappa shape index (κ3) is 3.08. The van der Waals surface area contributed by atoms with Crippen LogP contribution in [0, 0.1) is 0 Å². The molecule has 0 aliphatic heterocycles. The number of anilines is 1. The summed E-state index contributed by atoms with van der Waals surface area (Å²) in [4.78, 5) is 12.2. The lowest BCUT2D eigenvalue weighted by Crippen LogP contribution is -2.13. The number of carbonyl (C=O) groups excluding carboxylic acids is 1. The van der Waals surface area contributed by atoms with Gasteiger partial charge >= 0.3 is 0 Å². The van der Waals surface area contributed by atoms with Crippen molar-refractivity contribution in [1.29, 1.82) is 0 Å². The van der Waals surface area contributed by atoms with Gasteiger partial charge in [-0.05, 0) is 23.3 Å². The molecule has 0 radical (unpaired) electrons. The highest BCUT2D eigenvalue weighted by Gasteiger charge is 1.96. The van der Waals surface area contributed by atoms with Gasteiger partial charge in [0.05, 0.1) is 0 Å². The van der Waals surface area contributed by atoms with E-state index in [-0.39, 0.29) is 0 Å². The van der Waals surface area contributed by atoms with E-state index in [1.807, 2.05) is 42.5 Å². The lowest BCUT2D eigenvalue weighted by atomic mass is 10.1. The molecule has 1 amide bonds. The summed E-state index contributed by atoms with van der Waals surface area (Å²) in [6, 6.07) is 18.0. The largest absolute Gasteiger partial charge is 0.318 e. The summed E-state index contributed by atoms with van der Waals surface area (Å²) in [6.07, 6.45) is 4.92. The van der Waals surface area contributed by atoms with Crippen LogP contribution in [0.3, 0.4) is 0 Å². The molecule has 2 heteroatoms. The van der Waals surface area contributed by atoms with Gasteiger partial charge in [0.25, 0.3) is 0 Å². The van der Waals surface area contributed by atoms with Crippen LogP contribution in [0.5, 0.6) is 0 Å². The van der Waals surface area contributed by atoms with Gasteiger partial charge in [0, 0.05) is 12.7 Å². The molecule has 0 aliphatic rings. The summed E-state index contributed by atoms with van der Waals surface area (Å²) in [5.74, 6) is 0. The monoisotopic (exact) mass is 237 g/mol. The second kappa shape index (κ2) is 5.82. The van der Waals surface area contributed by atoms with Gasteiger partial charge < -0.3 is 4.90 Å². The number of rotatable bonds is 4. The highest BCUT2D eigenvalue weighted by molar-refractivity contribution is 5.76. The molecule has 0 fully saturated rings. The van der Waals surface area contributed by atoms with E-state index in [2.05, 4.69) is 24.3 Å².